The molecular weight excluding hydrogens is 188 g/mol. The fourth-order valence-electron chi connectivity index (χ4n) is 0.845. The third-order valence-electron chi connectivity index (χ3n) is 1.50. The number of nitrogens with two attached hydrogens (primary N) is 1. The fraction of sp³-hybridized carbons (Fsp3) is 0.667. The van der Waals surface area contributed by atoms with Crippen molar-refractivity contribution in [2.75, 3.05) is 13.1 Å². The van der Waals surface area contributed by atoms with Crippen molar-refractivity contribution < 1.29 is 4.79 Å². The maximum absolute atomic E-state index is 10.9. The minimum absolute atomic E-state index is 0. The third-order valence-corrected chi connectivity index (χ3v) is 1.50. The topological polar surface area (TPSA) is 55.1 Å². The Bertz CT molecular complexity index is 165. The number of halogens is 1. The van der Waals surface area contributed by atoms with Gasteiger partial charge < -0.3 is 11.1 Å². The number of nitrogens with one attached hydrogen (secondary N) is 1. The van der Waals surface area contributed by atoms with Crippen LogP contribution in [0.3, 0.4) is 0 Å². The van der Waals surface area contributed by atoms with E-state index >= 15 is 0 Å². The van der Waals surface area contributed by atoms with Crippen LogP contribution in [0.5, 0.6) is 0 Å². The Hall–Kier alpha value is -0.720. The number of terminal acetylenes is 1. The lowest BCUT2D eigenvalue weighted by atomic mass is 10.2. The van der Waals surface area contributed by atoms with Gasteiger partial charge in [0.2, 0.25) is 5.91 Å². The van der Waals surface area contributed by atoms with Gasteiger partial charge in [-0.2, -0.15) is 0 Å². The summed E-state index contributed by atoms with van der Waals surface area (Å²) in [6.07, 6.45) is 8.43. The molecule has 1 amide bonds. The van der Waals surface area contributed by atoms with Crippen molar-refractivity contribution in [3.05, 3.63) is 0 Å². The number of unbranched alkanes of at least 4 members (excludes halogenated alkanes) is 2. The summed E-state index contributed by atoms with van der Waals surface area (Å²) in [4.78, 5) is 10.9. The zero-order valence-corrected chi connectivity index (χ0v) is 8.53. The van der Waals surface area contributed by atoms with Crippen LogP contribution in [0.1, 0.15) is 25.7 Å². The van der Waals surface area contributed by atoms with E-state index in [4.69, 9.17) is 12.2 Å². The molecule has 0 aliphatic heterocycles. The van der Waals surface area contributed by atoms with Crippen LogP contribution < -0.4 is 11.1 Å². The first-order valence-corrected chi connectivity index (χ1v) is 4.21. The van der Waals surface area contributed by atoms with Gasteiger partial charge in [-0.25, -0.2) is 0 Å². The molecule has 0 spiro atoms. The molecule has 0 aromatic carbocycles. The van der Waals surface area contributed by atoms with Crippen LogP contribution in [0.25, 0.3) is 0 Å². The van der Waals surface area contributed by atoms with E-state index in [0.717, 1.165) is 19.3 Å². The molecule has 0 saturated heterocycles. The van der Waals surface area contributed by atoms with Crippen LogP contribution in [0, 0.1) is 12.3 Å². The van der Waals surface area contributed by atoms with Crippen LogP contribution in [0.2, 0.25) is 0 Å². The molecule has 0 bridgehead atoms. The molecule has 0 heterocycles. The van der Waals surface area contributed by atoms with Gasteiger partial charge in [0.1, 0.15) is 0 Å². The fourth-order valence-corrected chi connectivity index (χ4v) is 0.845. The van der Waals surface area contributed by atoms with Gasteiger partial charge in [0, 0.05) is 6.42 Å². The van der Waals surface area contributed by atoms with Crippen molar-refractivity contribution in [1.29, 1.82) is 0 Å². The van der Waals surface area contributed by atoms with Crippen molar-refractivity contribution in [1.82, 2.24) is 5.32 Å². The lowest BCUT2D eigenvalue weighted by Gasteiger charge is -2.00. The zero-order chi connectivity index (χ0) is 9.23. The van der Waals surface area contributed by atoms with Crippen LogP contribution in [-0.2, 0) is 4.79 Å². The van der Waals surface area contributed by atoms with Crippen LogP contribution in [-0.4, -0.2) is 19.0 Å². The summed E-state index contributed by atoms with van der Waals surface area (Å²) in [5.74, 6) is 2.38. The predicted molar refractivity (Wildman–Crippen MR) is 56.6 cm³/mol. The minimum atomic E-state index is 0. The predicted octanol–water partition coefficient (Wildman–Crippen LogP) is 0.677. The average Bonchev–Trinajstić information content (AvgIpc) is 2.09. The molecule has 13 heavy (non-hydrogen) atoms. The first kappa shape index (κ1) is 14.8. The Kier molecular flexibility index (Phi) is 12.8. The summed E-state index contributed by atoms with van der Waals surface area (Å²) < 4.78 is 0. The minimum Gasteiger partial charge on any atom is -0.345 e. The molecule has 0 aliphatic carbocycles. The number of hydrogen-bond acceptors (Lipinski definition) is 2. The Labute approximate surface area is 85.9 Å². The maximum atomic E-state index is 10.9. The SMILES string of the molecule is C#CCNC(=O)CCCCCN.Cl. The molecule has 76 valence electrons. The molecule has 0 aliphatic rings. The van der Waals surface area contributed by atoms with E-state index in [1.165, 1.54) is 0 Å². The van der Waals surface area contributed by atoms with Crippen LogP contribution in [0.15, 0.2) is 0 Å². The average molecular weight is 205 g/mol. The lowest BCUT2D eigenvalue weighted by molar-refractivity contribution is -0.120. The van der Waals surface area contributed by atoms with Crippen molar-refractivity contribution >= 4 is 18.3 Å². The molecule has 0 unspecified atom stereocenters. The Morgan fingerprint density at radius 3 is 2.62 bits per heavy atom. The van der Waals surface area contributed by atoms with Gasteiger partial charge >= 0.3 is 0 Å². The molecular formula is C9H17ClN2O. The summed E-state index contributed by atoms with van der Waals surface area (Å²) in [5, 5.41) is 2.60. The molecule has 4 heteroatoms. The highest BCUT2D eigenvalue weighted by atomic mass is 35.5. The van der Waals surface area contributed by atoms with Crippen molar-refractivity contribution in [2.24, 2.45) is 5.73 Å². The molecule has 3 N–H and O–H groups in total. The number of carbonyl (C=O) groups excluding carboxylic acids is 1. The van der Waals surface area contributed by atoms with Crippen LogP contribution >= 0.6 is 12.4 Å². The van der Waals surface area contributed by atoms with Gasteiger partial charge in [-0.3, -0.25) is 4.79 Å². The zero-order valence-electron chi connectivity index (χ0n) is 7.71. The molecule has 0 atom stereocenters. The summed E-state index contributed by atoms with van der Waals surface area (Å²) in [6, 6.07) is 0. The summed E-state index contributed by atoms with van der Waals surface area (Å²) in [5.41, 5.74) is 5.30. The van der Waals surface area contributed by atoms with E-state index < -0.39 is 0 Å². The molecule has 0 aromatic rings. The van der Waals surface area contributed by atoms with Crippen molar-refractivity contribution in [2.45, 2.75) is 25.7 Å². The van der Waals surface area contributed by atoms with Crippen LogP contribution in [0.4, 0.5) is 0 Å². The standard InChI is InChI=1S/C9H16N2O.ClH/c1-2-8-11-9(12)6-4-3-5-7-10;/h1H,3-8,10H2,(H,11,12);1H. The Balaban J connectivity index is 0. The maximum Gasteiger partial charge on any atom is 0.220 e. The van der Waals surface area contributed by atoms with E-state index in [2.05, 4.69) is 11.2 Å². The molecule has 0 rings (SSSR count). The summed E-state index contributed by atoms with van der Waals surface area (Å²) in [7, 11) is 0. The summed E-state index contributed by atoms with van der Waals surface area (Å²) >= 11 is 0. The first-order chi connectivity index (χ1) is 5.81. The second-order valence-electron chi connectivity index (χ2n) is 2.58. The van der Waals surface area contributed by atoms with Gasteiger partial charge in [-0.15, -0.1) is 18.8 Å². The Morgan fingerprint density at radius 1 is 1.38 bits per heavy atom. The molecule has 0 aromatic heterocycles. The molecule has 3 nitrogen and oxygen atoms in total. The highest BCUT2D eigenvalue weighted by Gasteiger charge is 1.97. The van der Waals surface area contributed by atoms with Gasteiger partial charge in [-0.05, 0) is 19.4 Å². The lowest BCUT2D eigenvalue weighted by Crippen LogP contribution is -2.22. The van der Waals surface area contributed by atoms with E-state index in [1.807, 2.05) is 0 Å². The molecule has 0 radical (unpaired) electrons. The molecule has 0 fully saturated rings. The number of hydrogen-bond donors (Lipinski definition) is 2. The quantitative estimate of drug-likeness (QED) is 0.494. The summed E-state index contributed by atoms with van der Waals surface area (Å²) in [6.45, 7) is 1.03. The van der Waals surface area contributed by atoms with Gasteiger partial charge in [0.25, 0.3) is 0 Å². The van der Waals surface area contributed by atoms with E-state index in [0.29, 0.717) is 19.5 Å². The van der Waals surface area contributed by atoms with Crippen molar-refractivity contribution in [3.63, 3.8) is 0 Å². The van der Waals surface area contributed by atoms with Gasteiger partial charge in [0.05, 0.1) is 6.54 Å². The smallest absolute Gasteiger partial charge is 0.220 e. The number of amides is 1. The second kappa shape index (κ2) is 11.3. The number of rotatable bonds is 6. The van der Waals surface area contributed by atoms with E-state index in [9.17, 15) is 4.79 Å². The van der Waals surface area contributed by atoms with Gasteiger partial charge in [-0.1, -0.05) is 12.3 Å². The highest BCUT2D eigenvalue weighted by Crippen LogP contribution is 1.97. The Morgan fingerprint density at radius 2 is 2.08 bits per heavy atom. The third kappa shape index (κ3) is 11.3. The monoisotopic (exact) mass is 204 g/mol. The van der Waals surface area contributed by atoms with E-state index in [-0.39, 0.29) is 18.3 Å². The van der Waals surface area contributed by atoms with Crippen molar-refractivity contribution in [3.8, 4) is 12.3 Å². The molecule has 0 saturated carbocycles. The van der Waals surface area contributed by atoms with Gasteiger partial charge in [0.15, 0.2) is 0 Å². The second-order valence-corrected chi connectivity index (χ2v) is 2.58. The number of carbonyl (C=O) groups is 1. The largest absolute Gasteiger partial charge is 0.345 e. The van der Waals surface area contributed by atoms with E-state index in [1.54, 1.807) is 0 Å². The normalized spacial score (nSPS) is 8.31. The highest BCUT2D eigenvalue weighted by molar-refractivity contribution is 5.85. The first-order valence-electron chi connectivity index (χ1n) is 4.21.